The normalized spacial score (nSPS) is 9.82. The van der Waals surface area contributed by atoms with Gasteiger partial charge in [0.1, 0.15) is 0 Å². The molecule has 2 aromatic heterocycles. The van der Waals surface area contributed by atoms with Gasteiger partial charge in [-0.05, 0) is 23.8 Å². The number of pyridine rings is 1. The Kier molecular flexibility index (Phi) is 1.44. The zero-order chi connectivity index (χ0) is 7.52. The van der Waals surface area contributed by atoms with Crippen LogP contribution in [-0.4, -0.2) is 9.97 Å². The average molecular weight is 143 g/mol. The first-order valence-corrected chi connectivity index (χ1v) is 3.42. The molecule has 2 rings (SSSR count). The van der Waals surface area contributed by atoms with Gasteiger partial charge in [0, 0.05) is 24.2 Å². The lowest BCUT2D eigenvalue weighted by Crippen LogP contribution is -1.73. The first-order chi connectivity index (χ1) is 5.47. The first kappa shape index (κ1) is 6.16. The summed E-state index contributed by atoms with van der Waals surface area (Å²) in [4.78, 5) is 6.81. The van der Waals surface area contributed by atoms with Gasteiger partial charge < -0.3 is 4.98 Å². The second kappa shape index (κ2) is 2.58. The molecule has 0 fully saturated rings. The van der Waals surface area contributed by atoms with Gasteiger partial charge in [0.05, 0.1) is 6.20 Å². The van der Waals surface area contributed by atoms with Crippen molar-refractivity contribution < 1.29 is 0 Å². The zero-order valence-electron chi connectivity index (χ0n) is 5.91. The monoisotopic (exact) mass is 143 g/mol. The molecule has 0 amide bonds. The van der Waals surface area contributed by atoms with E-state index in [1.54, 1.807) is 12.4 Å². The highest BCUT2D eigenvalue weighted by atomic mass is 14.6. The predicted molar refractivity (Wildman–Crippen MR) is 42.9 cm³/mol. The van der Waals surface area contributed by atoms with E-state index in [0.717, 1.165) is 11.1 Å². The fourth-order valence-electron chi connectivity index (χ4n) is 0.986. The van der Waals surface area contributed by atoms with Crippen LogP contribution in [-0.2, 0) is 0 Å². The Bertz CT molecular complexity index is 311. The van der Waals surface area contributed by atoms with Crippen molar-refractivity contribution in [3.05, 3.63) is 43.0 Å². The minimum absolute atomic E-state index is 1.08. The van der Waals surface area contributed by atoms with Gasteiger partial charge in [0.25, 0.3) is 0 Å². The zero-order valence-corrected chi connectivity index (χ0v) is 5.91. The van der Waals surface area contributed by atoms with Gasteiger partial charge in [-0.25, -0.2) is 0 Å². The van der Waals surface area contributed by atoms with E-state index in [1.165, 1.54) is 0 Å². The van der Waals surface area contributed by atoms with E-state index in [4.69, 9.17) is 0 Å². The SMILES string of the molecule is [c]1[nH]ccc1-c1ccncc1. The van der Waals surface area contributed by atoms with Gasteiger partial charge in [-0.2, -0.15) is 0 Å². The molecule has 2 heterocycles. The summed E-state index contributed by atoms with van der Waals surface area (Å²) in [5.41, 5.74) is 2.22. The first-order valence-electron chi connectivity index (χ1n) is 3.42. The van der Waals surface area contributed by atoms with Crippen molar-refractivity contribution in [1.82, 2.24) is 9.97 Å². The minimum Gasteiger partial charge on any atom is -0.359 e. The van der Waals surface area contributed by atoms with Gasteiger partial charge in [0.2, 0.25) is 0 Å². The van der Waals surface area contributed by atoms with E-state index in [9.17, 15) is 0 Å². The van der Waals surface area contributed by atoms with E-state index in [-0.39, 0.29) is 0 Å². The lowest BCUT2D eigenvalue weighted by Gasteiger charge is -1.92. The molecule has 53 valence electrons. The Balaban J connectivity index is 2.46. The van der Waals surface area contributed by atoms with Crippen molar-refractivity contribution in [2.45, 2.75) is 0 Å². The summed E-state index contributed by atoms with van der Waals surface area (Å²) < 4.78 is 0. The average Bonchev–Trinajstić information content (AvgIpc) is 2.58. The quantitative estimate of drug-likeness (QED) is 0.648. The Morgan fingerprint density at radius 3 is 2.64 bits per heavy atom. The molecule has 0 bridgehead atoms. The molecule has 2 heteroatoms. The highest BCUT2D eigenvalue weighted by Gasteiger charge is 1.94. The summed E-state index contributed by atoms with van der Waals surface area (Å²) in [5, 5.41) is 0. The Hall–Kier alpha value is -1.57. The number of aromatic nitrogens is 2. The highest BCUT2D eigenvalue weighted by molar-refractivity contribution is 5.60. The second-order valence-corrected chi connectivity index (χ2v) is 2.25. The molecule has 2 nitrogen and oxygen atoms in total. The van der Waals surface area contributed by atoms with Gasteiger partial charge in [0.15, 0.2) is 0 Å². The predicted octanol–water partition coefficient (Wildman–Crippen LogP) is 1.88. The van der Waals surface area contributed by atoms with E-state index >= 15 is 0 Å². The molecule has 11 heavy (non-hydrogen) atoms. The van der Waals surface area contributed by atoms with Crippen molar-refractivity contribution in [2.24, 2.45) is 0 Å². The summed E-state index contributed by atoms with van der Waals surface area (Å²) in [6.07, 6.45) is 8.41. The largest absolute Gasteiger partial charge is 0.359 e. The van der Waals surface area contributed by atoms with Crippen LogP contribution in [0.4, 0.5) is 0 Å². The molecule has 0 unspecified atom stereocenters. The van der Waals surface area contributed by atoms with Crippen LogP contribution < -0.4 is 0 Å². The minimum atomic E-state index is 1.08. The van der Waals surface area contributed by atoms with Crippen LogP contribution in [0.5, 0.6) is 0 Å². The molecule has 1 radical (unpaired) electrons. The van der Waals surface area contributed by atoms with Crippen LogP contribution in [0.3, 0.4) is 0 Å². The number of nitrogens with one attached hydrogen (secondary N) is 1. The fraction of sp³-hybridized carbons (Fsp3) is 0. The molecule has 0 aliphatic carbocycles. The molecule has 0 saturated heterocycles. The van der Waals surface area contributed by atoms with Gasteiger partial charge in [-0.1, -0.05) is 0 Å². The molecular weight excluding hydrogens is 136 g/mol. The van der Waals surface area contributed by atoms with Crippen LogP contribution in [0.25, 0.3) is 11.1 Å². The number of hydrogen-bond donors (Lipinski definition) is 1. The van der Waals surface area contributed by atoms with Gasteiger partial charge in [-0.3, -0.25) is 4.98 Å². The summed E-state index contributed by atoms with van der Waals surface area (Å²) in [5.74, 6) is 0. The maximum Gasteiger partial charge on any atom is 0.0705 e. The standard InChI is InChI=1S/C9H7N2/c1-4-10-5-2-8(1)9-3-6-11-7-9/h1-6,11H. The van der Waals surface area contributed by atoms with Crippen molar-refractivity contribution in [3.8, 4) is 11.1 Å². The second-order valence-electron chi connectivity index (χ2n) is 2.25. The molecule has 1 N–H and O–H groups in total. The molecule has 0 spiro atoms. The molecule has 0 aliphatic rings. The molecular formula is C9H7N2. The molecule has 0 aliphatic heterocycles. The van der Waals surface area contributed by atoms with Crippen LogP contribution in [0.15, 0.2) is 36.8 Å². The lowest BCUT2D eigenvalue weighted by atomic mass is 10.1. The van der Waals surface area contributed by atoms with Crippen molar-refractivity contribution >= 4 is 0 Å². The summed E-state index contributed by atoms with van der Waals surface area (Å²) in [6.45, 7) is 0. The molecule has 0 atom stereocenters. The smallest absolute Gasteiger partial charge is 0.0705 e. The number of aromatic amines is 1. The van der Waals surface area contributed by atoms with Crippen LogP contribution in [0, 0.1) is 6.20 Å². The lowest BCUT2D eigenvalue weighted by molar-refractivity contribution is 1.33. The van der Waals surface area contributed by atoms with E-state index < -0.39 is 0 Å². The Morgan fingerprint density at radius 1 is 1.18 bits per heavy atom. The number of H-pyrrole nitrogens is 1. The summed E-state index contributed by atoms with van der Waals surface area (Å²) >= 11 is 0. The van der Waals surface area contributed by atoms with Crippen LogP contribution in [0.1, 0.15) is 0 Å². The number of nitrogens with zero attached hydrogens (tertiary/aromatic N) is 1. The van der Waals surface area contributed by atoms with Crippen LogP contribution >= 0.6 is 0 Å². The summed E-state index contributed by atoms with van der Waals surface area (Å²) in [6, 6.07) is 5.90. The highest BCUT2D eigenvalue weighted by Crippen LogP contribution is 2.15. The number of rotatable bonds is 1. The van der Waals surface area contributed by atoms with Crippen molar-refractivity contribution in [1.29, 1.82) is 0 Å². The topological polar surface area (TPSA) is 28.7 Å². The summed E-state index contributed by atoms with van der Waals surface area (Å²) in [7, 11) is 0. The van der Waals surface area contributed by atoms with Crippen LogP contribution in [0.2, 0.25) is 0 Å². The Morgan fingerprint density at radius 2 is 2.00 bits per heavy atom. The maximum atomic E-state index is 3.93. The molecule has 0 saturated carbocycles. The fourth-order valence-corrected chi connectivity index (χ4v) is 0.986. The van der Waals surface area contributed by atoms with Gasteiger partial charge >= 0.3 is 0 Å². The van der Waals surface area contributed by atoms with Crippen molar-refractivity contribution in [3.63, 3.8) is 0 Å². The van der Waals surface area contributed by atoms with Crippen molar-refractivity contribution in [2.75, 3.05) is 0 Å². The third-order valence-corrected chi connectivity index (χ3v) is 1.53. The van der Waals surface area contributed by atoms with Gasteiger partial charge in [-0.15, -0.1) is 0 Å². The maximum absolute atomic E-state index is 3.93. The van der Waals surface area contributed by atoms with E-state index in [2.05, 4.69) is 16.2 Å². The Labute approximate surface area is 64.9 Å². The number of hydrogen-bond acceptors (Lipinski definition) is 1. The third kappa shape index (κ3) is 1.15. The molecule has 2 aromatic rings. The van der Waals surface area contributed by atoms with E-state index in [1.807, 2.05) is 24.4 Å². The molecule has 0 aromatic carbocycles. The van der Waals surface area contributed by atoms with E-state index in [0.29, 0.717) is 0 Å². The third-order valence-electron chi connectivity index (χ3n) is 1.53.